The number of rotatable bonds is 2. The SMILES string of the molecule is CC(C)c1cccc(N2CC(Cl)CC2=O)c1. The van der Waals surface area contributed by atoms with Crippen LogP contribution in [-0.2, 0) is 4.79 Å². The van der Waals surface area contributed by atoms with Gasteiger partial charge in [0.15, 0.2) is 0 Å². The van der Waals surface area contributed by atoms with Crippen molar-refractivity contribution in [3.8, 4) is 0 Å². The fraction of sp³-hybridized carbons (Fsp3) is 0.462. The Morgan fingerprint density at radius 2 is 2.19 bits per heavy atom. The lowest BCUT2D eigenvalue weighted by molar-refractivity contribution is -0.117. The average Bonchev–Trinajstić information content (AvgIpc) is 2.58. The molecular formula is C13H16ClNO. The van der Waals surface area contributed by atoms with Crippen LogP contribution >= 0.6 is 11.6 Å². The number of halogens is 1. The molecule has 0 bridgehead atoms. The summed E-state index contributed by atoms with van der Waals surface area (Å²) in [7, 11) is 0. The summed E-state index contributed by atoms with van der Waals surface area (Å²) in [5, 5.41) is -0.0461. The van der Waals surface area contributed by atoms with Gasteiger partial charge >= 0.3 is 0 Å². The molecule has 1 atom stereocenters. The third-order valence-corrected chi connectivity index (χ3v) is 3.22. The monoisotopic (exact) mass is 237 g/mol. The summed E-state index contributed by atoms with van der Waals surface area (Å²) in [6, 6.07) is 8.14. The normalized spacial score (nSPS) is 20.9. The van der Waals surface area contributed by atoms with Gasteiger partial charge < -0.3 is 4.90 Å². The largest absolute Gasteiger partial charge is 0.311 e. The first-order chi connectivity index (χ1) is 7.58. The fourth-order valence-corrected chi connectivity index (χ4v) is 2.24. The van der Waals surface area contributed by atoms with Crippen LogP contribution < -0.4 is 4.90 Å². The first-order valence-electron chi connectivity index (χ1n) is 5.62. The summed E-state index contributed by atoms with van der Waals surface area (Å²) >= 11 is 5.99. The van der Waals surface area contributed by atoms with E-state index < -0.39 is 0 Å². The fourth-order valence-electron chi connectivity index (χ4n) is 1.97. The number of carbonyl (C=O) groups excluding carboxylic acids is 1. The zero-order valence-corrected chi connectivity index (χ0v) is 10.4. The molecule has 1 aliphatic rings. The maximum Gasteiger partial charge on any atom is 0.228 e. The third kappa shape index (κ3) is 2.22. The third-order valence-electron chi connectivity index (χ3n) is 2.93. The Morgan fingerprint density at radius 1 is 1.44 bits per heavy atom. The maximum absolute atomic E-state index is 11.7. The minimum Gasteiger partial charge on any atom is -0.311 e. The van der Waals surface area contributed by atoms with Gasteiger partial charge in [-0.05, 0) is 23.6 Å². The first kappa shape index (κ1) is 11.5. The van der Waals surface area contributed by atoms with Crippen molar-refractivity contribution in [3.05, 3.63) is 29.8 Å². The molecule has 0 aliphatic carbocycles. The summed E-state index contributed by atoms with van der Waals surface area (Å²) in [6.45, 7) is 4.92. The number of carbonyl (C=O) groups is 1. The number of benzene rings is 1. The van der Waals surface area contributed by atoms with Crippen LogP contribution in [0.2, 0.25) is 0 Å². The van der Waals surface area contributed by atoms with Crippen molar-refractivity contribution in [2.75, 3.05) is 11.4 Å². The highest BCUT2D eigenvalue weighted by atomic mass is 35.5. The minimum atomic E-state index is -0.0461. The molecule has 1 amide bonds. The van der Waals surface area contributed by atoms with E-state index in [1.54, 1.807) is 4.90 Å². The Hall–Kier alpha value is -1.02. The Kier molecular flexibility index (Phi) is 3.20. The van der Waals surface area contributed by atoms with E-state index in [1.165, 1.54) is 5.56 Å². The molecule has 2 rings (SSSR count). The van der Waals surface area contributed by atoms with Gasteiger partial charge in [-0.25, -0.2) is 0 Å². The van der Waals surface area contributed by atoms with Crippen LogP contribution in [0, 0.1) is 0 Å². The van der Waals surface area contributed by atoms with Crippen LogP contribution in [0.3, 0.4) is 0 Å². The van der Waals surface area contributed by atoms with Gasteiger partial charge in [-0.2, -0.15) is 0 Å². The van der Waals surface area contributed by atoms with Crippen molar-refractivity contribution in [2.24, 2.45) is 0 Å². The summed E-state index contributed by atoms with van der Waals surface area (Å²) in [5.74, 6) is 0.602. The quantitative estimate of drug-likeness (QED) is 0.724. The molecule has 1 fully saturated rings. The van der Waals surface area contributed by atoms with Gasteiger partial charge in [-0.1, -0.05) is 26.0 Å². The molecule has 0 N–H and O–H groups in total. The van der Waals surface area contributed by atoms with Crippen LogP contribution in [0.15, 0.2) is 24.3 Å². The van der Waals surface area contributed by atoms with Gasteiger partial charge in [0.1, 0.15) is 0 Å². The van der Waals surface area contributed by atoms with E-state index in [-0.39, 0.29) is 11.3 Å². The van der Waals surface area contributed by atoms with E-state index in [4.69, 9.17) is 11.6 Å². The van der Waals surface area contributed by atoms with Crippen LogP contribution in [0.1, 0.15) is 31.7 Å². The Bertz CT molecular complexity index is 403. The molecule has 1 aromatic rings. The lowest BCUT2D eigenvalue weighted by atomic mass is 10.0. The minimum absolute atomic E-state index is 0.0461. The molecule has 0 aromatic heterocycles. The van der Waals surface area contributed by atoms with Gasteiger partial charge in [-0.15, -0.1) is 11.6 Å². The molecule has 1 saturated heterocycles. The van der Waals surface area contributed by atoms with Crippen molar-refractivity contribution < 1.29 is 4.79 Å². The summed E-state index contributed by atoms with van der Waals surface area (Å²) in [4.78, 5) is 13.5. The van der Waals surface area contributed by atoms with E-state index >= 15 is 0 Å². The van der Waals surface area contributed by atoms with E-state index in [0.29, 0.717) is 18.9 Å². The second-order valence-corrected chi connectivity index (χ2v) is 5.17. The van der Waals surface area contributed by atoms with E-state index in [0.717, 1.165) is 5.69 Å². The van der Waals surface area contributed by atoms with Crippen LogP contribution in [0.25, 0.3) is 0 Å². The molecule has 1 aliphatic heterocycles. The van der Waals surface area contributed by atoms with Gasteiger partial charge in [-0.3, -0.25) is 4.79 Å². The van der Waals surface area contributed by atoms with E-state index in [2.05, 4.69) is 26.0 Å². The van der Waals surface area contributed by atoms with E-state index in [1.807, 2.05) is 12.1 Å². The van der Waals surface area contributed by atoms with Gasteiger partial charge in [0.2, 0.25) is 5.91 Å². The zero-order chi connectivity index (χ0) is 11.7. The van der Waals surface area contributed by atoms with Crippen LogP contribution in [0.4, 0.5) is 5.69 Å². The van der Waals surface area contributed by atoms with Crippen LogP contribution in [-0.4, -0.2) is 17.8 Å². The highest BCUT2D eigenvalue weighted by Gasteiger charge is 2.29. The van der Waals surface area contributed by atoms with Crippen molar-refractivity contribution in [3.63, 3.8) is 0 Å². The molecule has 3 heteroatoms. The van der Waals surface area contributed by atoms with Crippen molar-refractivity contribution >= 4 is 23.2 Å². The molecule has 1 unspecified atom stereocenters. The number of hydrogen-bond donors (Lipinski definition) is 0. The second kappa shape index (κ2) is 4.46. The van der Waals surface area contributed by atoms with Gasteiger partial charge in [0, 0.05) is 18.7 Å². The Morgan fingerprint density at radius 3 is 2.75 bits per heavy atom. The molecule has 86 valence electrons. The number of hydrogen-bond acceptors (Lipinski definition) is 1. The lowest BCUT2D eigenvalue weighted by Crippen LogP contribution is -2.24. The highest BCUT2D eigenvalue weighted by Crippen LogP contribution is 2.26. The molecule has 0 radical (unpaired) electrons. The lowest BCUT2D eigenvalue weighted by Gasteiger charge is -2.17. The topological polar surface area (TPSA) is 20.3 Å². The predicted octanol–water partition coefficient (Wildman–Crippen LogP) is 3.15. The molecule has 1 aromatic carbocycles. The molecule has 1 heterocycles. The van der Waals surface area contributed by atoms with Crippen molar-refractivity contribution in [1.82, 2.24) is 0 Å². The average molecular weight is 238 g/mol. The predicted molar refractivity (Wildman–Crippen MR) is 67.1 cm³/mol. The molecular weight excluding hydrogens is 222 g/mol. The summed E-state index contributed by atoms with van der Waals surface area (Å²) < 4.78 is 0. The summed E-state index contributed by atoms with van der Waals surface area (Å²) in [6.07, 6.45) is 0.452. The molecule has 0 spiro atoms. The molecule has 16 heavy (non-hydrogen) atoms. The molecule has 0 saturated carbocycles. The Balaban J connectivity index is 2.27. The van der Waals surface area contributed by atoms with Crippen molar-refractivity contribution in [2.45, 2.75) is 31.6 Å². The zero-order valence-electron chi connectivity index (χ0n) is 9.61. The van der Waals surface area contributed by atoms with E-state index in [9.17, 15) is 4.79 Å². The molecule has 2 nitrogen and oxygen atoms in total. The number of alkyl halides is 1. The van der Waals surface area contributed by atoms with Gasteiger partial charge in [0.05, 0.1) is 5.38 Å². The highest BCUT2D eigenvalue weighted by molar-refractivity contribution is 6.24. The first-order valence-corrected chi connectivity index (χ1v) is 6.06. The second-order valence-electron chi connectivity index (χ2n) is 4.56. The van der Waals surface area contributed by atoms with Crippen molar-refractivity contribution in [1.29, 1.82) is 0 Å². The smallest absolute Gasteiger partial charge is 0.228 e. The standard InChI is InChI=1S/C13H16ClNO/c1-9(2)10-4-3-5-12(6-10)15-8-11(14)7-13(15)16/h3-6,9,11H,7-8H2,1-2H3. The maximum atomic E-state index is 11.7. The number of amides is 1. The number of nitrogens with zero attached hydrogens (tertiary/aromatic N) is 1. The summed E-state index contributed by atoms with van der Waals surface area (Å²) in [5.41, 5.74) is 2.22. The number of anilines is 1. The van der Waals surface area contributed by atoms with Gasteiger partial charge in [0.25, 0.3) is 0 Å². The Labute approximate surface area is 101 Å². The van der Waals surface area contributed by atoms with Crippen LogP contribution in [0.5, 0.6) is 0 Å².